The van der Waals surface area contributed by atoms with E-state index in [1.165, 1.54) is 16.9 Å². The van der Waals surface area contributed by atoms with Gasteiger partial charge in [0.1, 0.15) is 5.75 Å². The average molecular weight is 507 g/mol. The smallest absolute Gasteiger partial charge is 0.264 e. The fraction of sp³-hybridized carbons (Fsp3) is 0.483. The Morgan fingerprint density at radius 2 is 1.49 bits per heavy atom. The van der Waals surface area contributed by atoms with Gasteiger partial charge in [-0.1, -0.05) is 39.0 Å². The van der Waals surface area contributed by atoms with Crippen LogP contribution in [0.1, 0.15) is 72.7 Å². The number of ether oxygens (including phenoxy) is 1. The lowest BCUT2D eigenvalue weighted by atomic mass is 9.86. The first-order chi connectivity index (χ1) is 17.6. The number of methoxy groups -OCH3 is 1. The summed E-state index contributed by atoms with van der Waals surface area (Å²) in [6, 6.07) is 14.5. The highest BCUT2D eigenvalue weighted by molar-refractivity contribution is 6.02. The van der Waals surface area contributed by atoms with Gasteiger partial charge in [-0.3, -0.25) is 14.4 Å². The molecule has 3 amide bonds. The van der Waals surface area contributed by atoms with Gasteiger partial charge >= 0.3 is 0 Å². The van der Waals surface area contributed by atoms with Crippen molar-refractivity contribution in [1.29, 1.82) is 0 Å². The Morgan fingerprint density at radius 1 is 0.892 bits per heavy atom. The molecule has 2 aromatic rings. The molecule has 1 saturated heterocycles. The Morgan fingerprint density at radius 3 is 2.05 bits per heavy atom. The van der Waals surface area contributed by atoms with E-state index in [4.69, 9.17) is 10.5 Å². The summed E-state index contributed by atoms with van der Waals surface area (Å²) in [5.74, 6) is -0.374. The molecule has 8 heteroatoms. The molecule has 0 spiro atoms. The van der Waals surface area contributed by atoms with E-state index >= 15 is 0 Å². The van der Waals surface area contributed by atoms with Crippen LogP contribution in [-0.4, -0.2) is 66.0 Å². The van der Waals surface area contributed by atoms with Crippen LogP contribution >= 0.6 is 0 Å². The summed E-state index contributed by atoms with van der Waals surface area (Å²) in [6.45, 7) is 6.87. The van der Waals surface area contributed by atoms with E-state index in [1.54, 1.807) is 36.4 Å². The van der Waals surface area contributed by atoms with Crippen molar-refractivity contribution < 1.29 is 19.1 Å². The molecule has 1 atom stereocenters. The Hall–Kier alpha value is -3.39. The van der Waals surface area contributed by atoms with E-state index in [9.17, 15) is 14.4 Å². The maximum Gasteiger partial charge on any atom is 0.264 e. The zero-order chi connectivity index (χ0) is 26.7. The Kier molecular flexibility index (Phi) is 7.87. The molecule has 0 radical (unpaired) electrons. The fourth-order valence-electron chi connectivity index (χ4n) is 5.08. The van der Waals surface area contributed by atoms with Gasteiger partial charge in [-0.15, -0.1) is 0 Å². The van der Waals surface area contributed by atoms with E-state index in [0.717, 1.165) is 31.2 Å². The molecule has 0 bridgehead atoms. The van der Waals surface area contributed by atoms with Crippen LogP contribution in [0.15, 0.2) is 48.5 Å². The van der Waals surface area contributed by atoms with Crippen molar-refractivity contribution in [3.05, 3.63) is 65.2 Å². The Labute approximate surface area is 219 Å². The molecule has 8 nitrogen and oxygen atoms in total. The molecule has 1 heterocycles. The van der Waals surface area contributed by atoms with Crippen molar-refractivity contribution in [2.75, 3.05) is 20.2 Å². The molecule has 37 heavy (non-hydrogen) atoms. The number of benzene rings is 2. The number of nitrogens with two attached hydrogens (primary N) is 1. The van der Waals surface area contributed by atoms with Gasteiger partial charge in [0.25, 0.3) is 17.7 Å². The van der Waals surface area contributed by atoms with Gasteiger partial charge in [-0.2, -0.15) is 0 Å². The predicted octanol–water partition coefficient (Wildman–Crippen LogP) is 3.30. The molecular weight excluding hydrogens is 468 g/mol. The topological polar surface area (TPSA) is 105 Å². The maximum atomic E-state index is 13.6. The third-order valence-electron chi connectivity index (χ3n) is 7.36. The van der Waals surface area contributed by atoms with Crippen LogP contribution in [0.3, 0.4) is 0 Å². The van der Waals surface area contributed by atoms with Gasteiger partial charge in [0.2, 0.25) is 0 Å². The standard InChI is InChI=1S/C29H38N4O4/c1-29(2,3)21-10-8-19(9-11-21)27(35)32-16-17-33(28(36)20-6-5-7-24(18-20)37-4)26(32)25(34)31-23-14-12-22(30)13-15-23/h5-11,18,22-23,26H,12-17,30H2,1-4H3,(H,31,34). The molecule has 1 aliphatic heterocycles. The minimum absolute atomic E-state index is 0.0234. The van der Waals surface area contributed by atoms with Crippen LogP contribution in [0, 0.1) is 0 Å². The van der Waals surface area contributed by atoms with E-state index in [1.807, 2.05) is 12.1 Å². The number of rotatable bonds is 5. The van der Waals surface area contributed by atoms with Crippen molar-refractivity contribution in [3.63, 3.8) is 0 Å². The van der Waals surface area contributed by atoms with Crippen molar-refractivity contribution in [1.82, 2.24) is 15.1 Å². The van der Waals surface area contributed by atoms with Crippen molar-refractivity contribution >= 4 is 17.7 Å². The average Bonchev–Trinajstić information content (AvgIpc) is 3.34. The lowest BCUT2D eigenvalue weighted by Gasteiger charge is -2.33. The summed E-state index contributed by atoms with van der Waals surface area (Å²) in [4.78, 5) is 43.8. The highest BCUT2D eigenvalue weighted by atomic mass is 16.5. The summed E-state index contributed by atoms with van der Waals surface area (Å²) in [5, 5.41) is 3.10. The van der Waals surface area contributed by atoms with Crippen LogP contribution in [0.4, 0.5) is 0 Å². The van der Waals surface area contributed by atoms with Crippen LogP contribution in [0.25, 0.3) is 0 Å². The molecule has 2 fully saturated rings. The number of hydrogen-bond acceptors (Lipinski definition) is 5. The first kappa shape index (κ1) is 26.7. The third kappa shape index (κ3) is 5.96. The highest BCUT2D eigenvalue weighted by Gasteiger charge is 2.44. The summed E-state index contributed by atoms with van der Waals surface area (Å²) in [7, 11) is 1.54. The van der Waals surface area contributed by atoms with Crippen LogP contribution < -0.4 is 15.8 Å². The first-order valence-electron chi connectivity index (χ1n) is 13.0. The van der Waals surface area contributed by atoms with Gasteiger partial charge in [0.15, 0.2) is 6.17 Å². The third-order valence-corrected chi connectivity index (χ3v) is 7.36. The van der Waals surface area contributed by atoms with E-state index in [2.05, 4.69) is 26.1 Å². The van der Waals surface area contributed by atoms with Gasteiger partial charge in [0.05, 0.1) is 7.11 Å². The molecule has 2 aromatic carbocycles. The maximum absolute atomic E-state index is 13.6. The molecular formula is C29H38N4O4. The molecule has 4 rings (SSSR count). The molecule has 3 N–H and O–H groups in total. The zero-order valence-corrected chi connectivity index (χ0v) is 22.2. The molecule has 198 valence electrons. The molecule has 0 aromatic heterocycles. The van der Waals surface area contributed by atoms with Crippen molar-refractivity contribution in [2.24, 2.45) is 5.73 Å². The van der Waals surface area contributed by atoms with Gasteiger partial charge < -0.3 is 25.6 Å². The van der Waals surface area contributed by atoms with Crippen molar-refractivity contribution in [3.8, 4) is 5.75 Å². The molecule has 1 unspecified atom stereocenters. The second kappa shape index (κ2) is 10.9. The first-order valence-corrected chi connectivity index (χ1v) is 13.0. The van der Waals surface area contributed by atoms with Crippen LogP contribution in [0.2, 0.25) is 0 Å². The summed E-state index contributed by atoms with van der Waals surface area (Å²) < 4.78 is 5.28. The van der Waals surface area contributed by atoms with Gasteiger partial charge in [0, 0.05) is 36.3 Å². The number of carbonyl (C=O) groups excluding carboxylic acids is 3. The fourth-order valence-corrected chi connectivity index (χ4v) is 5.08. The summed E-state index contributed by atoms with van der Waals surface area (Å²) in [5.41, 5.74) is 8.01. The molecule has 2 aliphatic rings. The van der Waals surface area contributed by atoms with Crippen LogP contribution in [0.5, 0.6) is 5.75 Å². The minimum Gasteiger partial charge on any atom is -0.497 e. The highest BCUT2D eigenvalue weighted by Crippen LogP contribution is 2.26. The Bertz CT molecular complexity index is 1130. The second-order valence-corrected chi connectivity index (χ2v) is 11.1. The Balaban J connectivity index is 1.60. The number of amides is 3. The molecule has 1 aliphatic carbocycles. The summed E-state index contributed by atoms with van der Waals surface area (Å²) >= 11 is 0. The van der Waals surface area contributed by atoms with E-state index in [0.29, 0.717) is 16.9 Å². The minimum atomic E-state index is -1.04. The number of nitrogens with zero attached hydrogens (tertiary/aromatic N) is 2. The van der Waals surface area contributed by atoms with Crippen molar-refractivity contribution in [2.45, 2.75) is 70.1 Å². The largest absolute Gasteiger partial charge is 0.497 e. The predicted molar refractivity (Wildman–Crippen MR) is 142 cm³/mol. The van der Waals surface area contributed by atoms with Crippen LogP contribution in [-0.2, 0) is 10.2 Å². The number of hydrogen-bond donors (Lipinski definition) is 2. The van der Waals surface area contributed by atoms with Gasteiger partial charge in [-0.05, 0) is 67.0 Å². The quantitative estimate of drug-likeness (QED) is 0.648. The molecule has 1 saturated carbocycles. The normalized spacial score (nSPS) is 22.0. The zero-order valence-electron chi connectivity index (χ0n) is 22.2. The lowest BCUT2D eigenvalue weighted by molar-refractivity contribution is -0.129. The second-order valence-electron chi connectivity index (χ2n) is 11.1. The van der Waals surface area contributed by atoms with E-state index in [-0.39, 0.29) is 48.3 Å². The monoisotopic (exact) mass is 506 g/mol. The SMILES string of the molecule is COc1cccc(C(=O)N2CCN(C(=O)c3ccc(C(C)(C)C)cc3)C2C(=O)NC2CCC(N)CC2)c1. The van der Waals surface area contributed by atoms with Gasteiger partial charge in [-0.25, -0.2) is 0 Å². The summed E-state index contributed by atoms with van der Waals surface area (Å²) in [6.07, 6.45) is 2.21. The number of nitrogens with one attached hydrogen (secondary N) is 1. The number of carbonyl (C=O) groups is 3. The lowest BCUT2D eigenvalue weighted by Crippen LogP contribution is -2.56. The van der Waals surface area contributed by atoms with E-state index < -0.39 is 6.17 Å².